The van der Waals surface area contributed by atoms with Gasteiger partial charge < -0.3 is 14.8 Å². The molecule has 26 heavy (non-hydrogen) atoms. The Morgan fingerprint density at radius 3 is 2.88 bits per heavy atom. The van der Waals surface area contributed by atoms with Gasteiger partial charge in [0.2, 0.25) is 0 Å². The third kappa shape index (κ3) is 3.45. The van der Waals surface area contributed by atoms with E-state index in [9.17, 15) is 10.4 Å². The number of para-hydroxylation sites is 2. The predicted molar refractivity (Wildman–Crippen MR) is 103 cm³/mol. The lowest BCUT2D eigenvalue weighted by Gasteiger charge is -2.11. The molecule has 0 unspecified atom stereocenters. The monoisotopic (exact) mass is 345 g/mol. The van der Waals surface area contributed by atoms with Crippen molar-refractivity contribution in [3.63, 3.8) is 0 Å². The molecule has 3 aromatic rings. The minimum absolute atomic E-state index is 0.103. The summed E-state index contributed by atoms with van der Waals surface area (Å²) in [7, 11) is 0. The van der Waals surface area contributed by atoms with Crippen LogP contribution in [0.1, 0.15) is 23.9 Å². The van der Waals surface area contributed by atoms with E-state index >= 15 is 0 Å². The van der Waals surface area contributed by atoms with Gasteiger partial charge in [0.15, 0.2) is 11.5 Å². The van der Waals surface area contributed by atoms with Crippen molar-refractivity contribution in [2.45, 2.75) is 13.3 Å². The van der Waals surface area contributed by atoms with Crippen LogP contribution >= 0.6 is 0 Å². The molecule has 0 saturated heterocycles. The van der Waals surface area contributed by atoms with Crippen LogP contribution in [0.25, 0.3) is 22.7 Å². The molecule has 0 radical (unpaired) electrons. The molecule has 5 heteroatoms. The van der Waals surface area contributed by atoms with Crippen LogP contribution in [-0.4, -0.2) is 21.7 Å². The summed E-state index contributed by atoms with van der Waals surface area (Å²) in [5, 5.41) is 19.9. The predicted octanol–water partition coefficient (Wildman–Crippen LogP) is 4.46. The highest BCUT2D eigenvalue weighted by molar-refractivity contribution is 5.90. The van der Waals surface area contributed by atoms with E-state index in [1.54, 1.807) is 18.2 Å². The molecule has 2 N–H and O–H groups in total. The van der Waals surface area contributed by atoms with Gasteiger partial charge >= 0.3 is 0 Å². The fourth-order valence-corrected chi connectivity index (χ4v) is 2.75. The van der Waals surface area contributed by atoms with Gasteiger partial charge in [-0.05, 0) is 49.2 Å². The van der Waals surface area contributed by atoms with Crippen molar-refractivity contribution in [1.82, 2.24) is 9.97 Å². The SMILES string of the molecule is C=CCc1cc(/C=C(/C#N)c2nc3ccccc3[nH]2)cc(OCC)c1O. The first-order valence-electron chi connectivity index (χ1n) is 8.32. The first-order chi connectivity index (χ1) is 12.7. The number of nitriles is 1. The fraction of sp³-hybridized carbons (Fsp3) is 0.143. The summed E-state index contributed by atoms with van der Waals surface area (Å²) in [5.74, 6) is 0.996. The molecule has 0 amide bonds. The van der Waals surface area contributed by atoms with E-state index in [-0.39, 0.29) is 5.75 Å². The number of H-pyrrole nitrogens is 1. The Morgan fingerprint density at radius 2 is 2.19 bits per heavy atom. The Balaban J connectivity index is 2.08. The van der Waals surface area contributed by atoms with E-state index in [0.717, 1.165) is 16.6 Å². The number of hydrogen-bond acceptors (Lipinski definition) is 4. The van der Waals surface area contributed by atoms with Crippen LogP contribution in [0.3, 0.4) is 0 Å². The lowest BCUT2D eigenvalue weighted by molar-refractivity contribution is 0.317. The third-order valence-corrected chi connectivity index (χ3v) is 3.92. The van der Waals surface area contributed by atoms with Gasteiger partial charge in [-0.3, -0.25) is 0 Å². The maximum absolute atomic E-state index is 10.3. The molecule has 0 aliphatic rings. The number of aromatic nitrogens is 2. The Morgan fingerprint density at radius 1 is 1.38 bits per heavy atom. The fourth-order valence-electron chi connectivity index (χ4n) is 2.75. The molecule has 0 aliphatic carbocycles. The number of benzene rings is 2. The van der Waals surface area contributed by atoms with Crippen LogP contribution in [-0.2, 0) is 6.42 Å². The summed E-state index contributed by atoms with van der Waals surface area (Å²) < 4.78 is 5.51. The summed E-state index contributed by atoms with van der Waals surface area (Å²) in [6, 6.07) is 13.3. The highest BCUT2D eigenvalue weighted by Gasteiger charge is 2.12. The van der Waals surface area contributed by atoms with Gasteiger partial charge in [0.1, 0.15) is 11.9 Å². The highest BCUT2D eigenvalue weighted by atomic mass is 16.5. The molecule has 0 atom stereocenters. The van der Waals surface area contributed by atoms with Crippen LogP contribution in [0.4, 0.5) is 0 Å². The average molecular weight is 345 g/mol. The number of imidazole rings is 1. The molecule has 2 aromatic carbocycles. The molecule has 1 heterocycles. The van der Waals surface area contributed by atoms with Crippen molar-refractivity contribution in [2.24, 2.45) is 0 Å². The largest absolute Gasteiger partial charge is 0.504 e. The molecule has 130 valence electrons. The van der Waals surface area contributed by atoms with Gasteiger partial charge in [-0.15, -0.1) is 6.58 Å². The average Bonchev–Trinajstić information content (AvgIpc) is 3.07. The van der Waals surface area contributed by atoms with E-state index in [1.165, 1.54) is 0 Å². The first kappa shape index (κ1) is 17.3. The van der Waals surface area contributed by atoms with Gasteiger partial charge in [0.05, 0.1) is 23.2 Å². The van der Waals surface area contributed by atoms with E-state index in [2.05, 4.69) is 22.6 Å². The van der Waals surface area contributed by atoms with Crippen LogP contribution in [0, 0.1) is 11.3 Å². The Bertz CT molecular complexity index is 992. The molecule has 0 aliphatic heterocycles. The number of phenols is 1. The molecule has 5 nitrogen and oxygen atoms in total. The summed E-state index contributed by atoms with van der Waals surface area (Å²) in [4.78, 5) is 7.63. The number of aromatic amines is 1. The smallest absolute Gasteiger partial charge is 0.161 e. The molecule has 0 bridgehead atoms. The van der Waals surface area contributed by atoms with Crippen molar-refractivity contribution in [3.8, 4) is 17.6 Å². The van der Waals surface area contributed by atoms with Crippen molar-refractivity contribution in [1.29, 1.82) is 5.26 Å². The number of nitrogens with one attached hydrogen (secondary N) is 1. The number of aromatic hydroxyl groups is 1. The van der Waals surface area contributed by atoms with Gasteiger partial charge in [0, 0.05) is 5.56 Å². The summed E-state index contributed by atoms with van der Waals surface area (Å²) >= 11 is 0. The van der Waals surface area contributed by atoms with Crippen molar-refractivity contribution in [3.05, 3.63) is 66.0 Å². The highest BCUT2D eigenvalue weighted by Crippen LogP contribution is 2.33. The summed E-state index contributed by atoms with van der Waals surface area (Å²) in [5.41, 5.74) is 3.52. The van der Waals surface area contributed by atoms with E-state index in [1.807, 2.05) is 37.3 Å². The van der Waals surface area contributed by atoms with Crippen LogP contribution in [0.5, 0.6) is 11.5 Å². The molecule has 1 aromatic heterocycles. The zero-order chi connectivity index (χ0) is 18.5. The molecule has 0 saturated carbocycles. The number of hydrogen-bond donors (Lipinski definition) is 2. The molecular formula is C21H19N3O2. The molecule has 0 fully saturated rings. The minimum atomic E-state index is 0.103. The number of allylic oxidation sites excluding steroid dienone is 2. The quantitative estimate of drug-likeness (QED) is 0.510. The van der Waals surface area contributed by atoms with E-state index < -0.39 is 0 Å². The summed E-state index contributed by atoms with van der Waals surface area (Å²) in [6.45, 7) is 6.00. The number of rotatable bonds is 6. The van der Waals surface area contributed by atoms with Gasteiger partial charge in [-0.25, -0.2) is 4.98 Å². The van der Waals surface area contributed by atoms with E-state index in [4.69, 9.17) is 4.74 Å². The van der Waals surface area contributed by atoms with Crippen molar-refractivity contribution < 1.29 is 9.84 Å². The molecular weight excluding hydrogens is 326 g/mol. The second kappa shape index (κ2) is 7.58. The van der Waals surface area contributed by atoms with E-state index in [0.29, 0.717) is 35.7 Å². The minimum Gasteiger partial charge on any atom is -0.504 e. The van der Waals surface area contributed by atoms with Crippen LogP contribution < -0.4 is 4.74 Å². The lowest BCUT2D eigenvalue weighted by Crippen LogP contribution is -1.95. The first-order valence-corrected chi connectivity index (χ1v) is 8.32. The standard InChI is InChI=1S/C21H19N3O2/c1-3-7-15-10-14(12-19(20(15)25)26-4-2)11-16(13-22)21-23-17-8-5-6-9-18(17)24-21/h3,5-6,8-12,25H,1,4,7H2,2H3,(H,23,24)/b16-11-. The molecule has 3 rings (SSSR count). The number of ether oxygens (including phenoxy) is 1. The zero-order valence-corrected chi connectivity index (χ0v) is 14.5. The zero-order valence-electron chi connectivity index (χ0n) is 14.5. The van der Waals surface area contributed by atoms with Crippen LogP contribution in [0.2, 0.25) is 0 Å². The maximum atomic E-state index is 10.3. The Hall–Kier alpha value is -3.52. The van der Waals surface area contributed by atoms with Crippen molar-refractivity contribution >= 4 is 22.7 Å². The van der Waals surface area contributed by atoms with Gasteiger partial charge in [-0.1, -0.05) is 18.2 Å². The summed E-state index contributed by atoms with van der Waals surface area (Å²) in [6.07, 6.45) is 3.94. The number of fused-ring (bicyclic) bond motifs is 1. The Kier molecular flexibility index (Phi) is 5.04. The Labute approximate surface area is 151 Å². The van der Waals surface area contributed by atoms with Gasteiger partial charge in [0.25, 0.3) is 0 Å². The second-order valence-corrected chi connectivity index (χ2v) is 5.72. The molecule has 0 spiro atoms. The number of phenolic OH excluding ortho intramolecular Hbond substituents is 1. The topological polar surface area (TPSA) is 81.9 Å². The van der Waals surface area contributed by atoms with Crippen LogP contribution in [0.15, 0.2) is 49.1 Å². The van der Waals surface area contributed by atoms with Crippen molar-refractivity contribution in [2.75, 3.05) is 6.61 Å². The second-order valence-electron chi connectivity index (χ2n) is 5.72. The van der Waals surface area contributed by atoms with Gasteiger partial charge in [-0.2, -0.15) is 5.26 Å². The lowest BCUT2D eigenvalue weighted by atomic mass is 10.0. The third-order valence-electron chi connectivity index (χ3n) is 3.92. The maximum Gasteiger partial charge on any atom is 0.161 e. The number of nitrogens with zero attached hydrogens (tertiary/aromatic N) is 2. The normalized spacial score (nSPS) is 11.3.